The summed E-state index contributed by atoms with van der Waals surface area (Å²) in [6, 6.07) is 1.81. The fourth-order valence-electron chi connectivity index (χ4n) is 5.21. The van der Waals surface area contributed by atoms with E-state index in [2.05, 4.69) is 25.3 Å². The van der Waals surface area contributed by atoms with Crippen LogP contribution in [0.4, 0.5) is 10.8 Å². The molecular formula is C17H25N5O3. The molecule has 1 aromatic rings. The van der Waals surface area contributed by atoms with E-state index < -0.39 is 0 Å². The third-order valence-electron chi connectivity index (χ3n) is 6.61. The maximum Gasteiger partial charge on any atom is 0.407 e. The van der Waals surface area contributed by atoms with Crippen LogP contribution in [-0.2, 0) is 4.74 Å². The summed E-state index contributed by atoms with van der Waals surface area (Å²) in [7, 11) is 0. The highest BCUT2D eigenvalue weighted by Gasteiger charge is 2.48. The number of hydrogen-bond acceptors (Lipinski definition) is 7. The Bertz CT molecular complexity index is 669. The summed E-state index contributed by atoms with van der Waals surface area (Å²) >= 11 is 0. The Morgan fingerprint density at radius 2 is 2.12 bits per heavy atom. The second kappa shape index (κ2) is 5.59. The number of nitrogens with one attached hydrogen (secondary N) is 1. The van der Waals surface area contributed by atoms with E-state index >= 15 is 0 Å². The van der Waals surface area contributed by atoms with E-state index in [1.165, 1.54) is 12.8 Å². The van der Waals surface area contributed by atoms with E-state index in [4.69, 9.17) is 9.26 Å². The summed E-state index contributed by atoms with van der Waals surface area (Å²) < 4.78 is 11.0. The van der Waals surface area contributed by atoms with Gasteiger partial charge in [-0.3, -0.25) is 4.90 Å². The molecule has 1 spiro atoms. The molecule has 8 heteroatoms. The smallest absolute Gasteiger partial charge is 0.407 e. The van der Waals surface area contributed by atoms with E-state index in [0.29, 0.717) is 36.4 Å². The molecule has 5 fully saturated rings. The normalized spacial score (nSPS) is 34.4. The first kappa shape index (κ1) is 15.4. The molecule has 1 aliphatic carbocycles. The van der Waals surface area contributed by atoms with Gasteiger partial charge in [0.1, 0.15) is 5.60 Å². The van der Waals surface area contributed by atoms with Crippen molar-refractivity contribution < 1.29 is 14.1 Å². The Kier molecular flexibility index (Phi) is 3.45. The fraction of sp³-hybridized carbons (Fsp3) is 0.824. The molecule has 6 rings (SSSR count). The standard InChI is InChI=1S/C17H25N5O3/c1-11-19-15(25-20-11)22-9-12-2-3-13(22)8-14(12)21-6-4-17(5-7-21)10-18-16(23)24-17/h12-14H,2-10H2,1H3,(H,18,23). The van der Waals surface area contributed by atoms with Gasteiger partial charge in [-0.2, -0.15) is 4.98 Å². The molecule has 4 aliphatic heterocycles. The molecule has 0 radical (unpaired) electrons. The predicted octanol–water partition coefficient (Wildman–Crippen LogP) is 1.31. The molecule has 25 heavy (non-hydrogen) atoms. The summed E-state index contributed by atoms with van der Waals surface area (Å²) in [5.74, 6) is 1.35. The minimum Gasteiger partial charge on any atom is -0.441 e. The van der Waals surface area contributed by atoms with E-state index in [9.17, 15) is 4.79 Å². The molecule has 1 N–H and O–H groups in total. The highest BCUT2D eigenvalue weighted by atomic mass is 16.6. The van der Waals surface area contributed by atoms with Crippen LogP contribution in [0, 0.1) is 12.8 Å². The van der Waals surface area contributed by atoms with Gasteiger partial charge in [0.05, 0.1) is 6.54 Å². The highest BCUT2D eigenvalue weighted by molar-refractivity contribution is 5.70. The van der Waals surface area contributed by atoms with Crippen molar-refractivity contribution in [3.8, 4) is 0 Å². The van der Waals surface area contributed by atoms with E-state index in [1.54, 1.807) is 0 Å². The molecule has 1 aromatic heterocycles. The molecule has 5 heterocycles. The second-order valence-electron chi connectivity index (χ2n) is 8.03. The van der Waals surface area contributed by atoms with Crippen LogP contribution in [0.25, 0.3) is 0 Å². The summed E-state index contributed by atoms with van der Waals surface area (Å²) in [6.45, 7) is 5.58. The monoisotopic (exact) mass is 347 g/mol. The number of aromatic nitrogens is 2. The number of ether oxygens (including phenoxy) is 1. The van der Waals surface area contributed by atoms with Crippen LogP contribution in [0.3, 0.4) is 0 Å². The molecule has 1 amide bonds. The van der Waals surface area contributed by atoms with Crippen LogP contribution in [0.1, 0.15) is 37.9 Å². The Balaban J connectivity index is 1.25. The van der Waals surface area contributed by atoms with Crippen LogP contribution in [-0.4, -0.2) is 65.0 Å². The van der Waals surface area contributed by atoms with Gasteiger partial charge in [-0.25, -0.2) is 4.79 Å². The molecule has 4 saturated heterocycles. The lowest BCUT2D eigenvalue weighted by atomic mass is 9.74. The number of amides is 1. The average Bonchev–Trinajstić information content (AvgIpc) is 3.22. The molecule has 3 unspecified atom stereocenters. The van der Waals surface area contributed by atoms with Crippen molar-refractivity contribution in [2.24, 2.45) is 5.92 Å². The number of aryl methyl sites for hydroxylation is 1. The lowest BCUT2D eigenvalue weighted by molar-refractivity contribution is -0.0300. The van der Waals surface area contributed by atoms with Crippen molar-refractivity contribution in [3.05, 3.63) is 5.82 Å². The van der Waals surface area contributed by atoms with Crippen LogP contribution >= 0.6 is 0 Å². The van der Waals surface area contributed by atoms with Gasteiger partial charge in [0.15, 0.2) is 5.82 Å². The zero-order valence-electron chi connectivity index (χ0n) is 14.6. The Morgan fingerprint density at radius 1 is 1.28 bits per heavy atom. The van der Waals surface area contributed by atoms with Crippen molar-refractivity contribution in [1.82, 2.24) is 20.4 Å². The number of fused-ring (bicyclic) bond motifs is 3. The van der Waals surface area contributed by atoms with Gasteiger partial charge in [0.25, 0.3) is 0 Å². The molecule has 2 bridgehead atoms. The second-order valence-corrected chi connectivity index (χ2v) is 8.03. The number of rotatable bonds is 2. The summed E-state index contributed by atoms with van der Waals surface area (Å²) in [4.78, 5) is 20.8. The topological polar surface area (TPSA) is 83.7 Å². The van der Waals surface area contributed by atoms with Crippen molar-refractivity contribution in [2.45, 2.75) is 56.7 Å². The van der Waals surface area contributed by atoms with Crippen LogP contribution < -0.4 is 10.2 Å². The van der Waals surface area contributed by atoms with Crippen LogP contribution in [0.5, 0.6) is 0 Å². The highest BCUT2D eigenvalue weighted by Crippen LogP contribution is 2.41. The van der Waals surface area contributed by atoms with Gasteiger partial charge < -0.3 is 19.5 Å². The molecule has 136 valence electrons. The Morgan fingerprint density at radius 3 is 2.72 bits per heavy atom. The number of likely N-dealkylation sites (tertiary alicyclic amines) is 1. The summed E-state index contributed by atoms with van der Waals surface area (Å²) in [5.41, 5.74) is -0.255. The summed E-state index contributed by atoms with van der Waals surface area (Å²) in [6.07, 6.45) is 5.27. The van der Waals surface area contributed by atoms with Gasteiger partial charge in [0, 0.05) is 44.6 Å². The van der Waals surface area contributed by atoms with Crippen LogP contribution in [0.15, 0.2) is 4.52 Å². The third-order valence-corrected chi connectivity index (χ3v) is 6.61. The van der Waals surface area contributed by atoms with Crippen LogP contribution in [0.2, 0.25) is 0 Å². The number of nitrogens with zero attached hydrogens (tertiary/aromatic N) is 4. The Hall–Kier alpha value is -1.83. The van der Waals surface area contributed by atoms with E-state index in [0.717, 1.165) is 38.9 Å². The van der Waals surface area contributed by atoms with Crippen molar-refractivity contribution in [3.63, 3.8) is 0 Å². The Labute approximate surface area is 146 Å². The molecule has 5 aliphatic rings. The molecule has 3 atom stereocenters. The molecular weight excluding hydrogens is 322 g/mol. The SMILES string of the molecule is Cc1noc(N2CC3CCC2CC3N2CCC3(CC2)CNC(=O)O3)n1. The quantitative estimate of drug-likeness (QED) is 0.863. The third kappa shape index (κ3) is 2.58. The van der Waals surface area contributed by atoms with E-state index in [1.807, 2.05) is 6.92 Å². The number of hydrogen-bond donors (Lipinski definition) is 1. The molecule has 0 aromatic carbocycles. The van der Waals surface area contributed by atoms with Gasteiger partial charge in [0.2, 0.25) is 0 Å². The van der Waals surface area contributed by atoms with Crippen molar-refractivity contribution in [2.75, 3.05) is 31.1 Å². The number of anilines is 1. The predicted molar refractivity (Wildman–Crippen MR) is 89.3 cm³/mol. The first-order valence-electron chi connectivity index (χ1n) is 9.40. The minimum atomic E-state index is -0.255. The maximum absolute atomic E-state index is 11.4. The number of alkyl carbamates (subject to hydrolysis) is 1. The van der Waals surface area contributed by atoms with Crippen molar-refractivity contribution in [1.29, 1.82) is 0 Å². The van der Waals surface area contributed by atoms with Gasteiger partial charge in [-0.1, -0.05) is 5.16 Å². The lowest BCUT2D eigenvalue weighted by Crippen LogP contribution is -2.61. The van der Waals surface area contributed by atoms with Gasteiger partial charge in [-0.15, -0.1) is 0 Å². The number of piperidine rings is 3. The minimum absolute atomic E-state index is 0.254. The van der Waals surface area contributed by atoms with Crippen molar-refractivity contribution >= 4 is 12.1 Å². The fourth-order valence-corrected chi connectivity index (χ4v) is 5.21. The van der Waals surface area contributed by atoms with E-state index in [-0.39, 0.29) is 11.7 Å². The first-order valence-corrected chi connectivity index (χ1v) is 9.40. The average molecular weight is 347 g/mol. The van der Waals surface area contributed by atoms with Gasteiger partial charge >= 0.3 is 12.1 Å². The maximum atomic E-state index is 11.4. The first-order chi connectivity index (χ1) is 12.1. The number of carbonyl (C=O) groups is 1. The van der Waals surface area contributed by atoms with Gasteiger partial charge in [-0.05, 0) is 32.1 Å². The lowest BCUT2D eigenvalue weighted by Gasteiger charge is -2.53. The molecule has 8 nitrogen and oxygen atoms in total. The zero-order valence-corrected chi connectivity index (χ0v) is 14.6. The summed E-state index contributed by atoms with van der Waals surface area (Å²) in [5, 5.41) is 6.76. The largest absolute Gasteiger partial charge is 0.441 e. The number of carbonyl (C=O) groups excluding carboxylic acids is 1. The molecule has 1 saturated carbocycles. The zero-order chi connectivity index (χ0) is 17.0.